The van der Waals surface area contributed by atoms with Gasteiger partial charge >= 0.3 is 0 Å². The van der Waals surface area contributed by atoms with Crippen LogP contribution in [-0.4, -0.2) is 15.7 Å². The van der Waals surface area contributed by atoms with E-state index >= 15 is 0 Å². The molecular formula is C28H37N3O. The molecule has 3 rings (SSSR count). The molecule has 170 valence electrons. The summed E-state index contributed by atoms with van der Waals surface area (Å²) in [5.41, 5.74) is 6.10. The number of aryl methyl sites for hydroxylation is 2. The van der Waals surface area contributed by atoms with Crippen LogP contribution in [0.25, 0.3) is 5.69 Å². The van der Waals surface area contributed by atoms with Gasteiger partial charge in [-0.2, -0.15) is 5.10 Å². The molecule has 1 N–H and O–H groups in total. The lowest BCUT2D eigenvalue weighted by molar-refractivity contribution is 0.102. The minimum absolute atomic E-state index is 0.116. The number of aromatic nitrogens is 2. The van der Waals surface area contributed by atoms with E-state index in [0.29, 0.717) is 11.4 Å². The highest BCUT2D eigenvalue weighted by Gasteiger charge is 2.22. The Morgan fingerprint density at radius 1 is 1.00 bits per heavy atom. The molecule has 0 bridgehead atoms. The maximum Gasteiger partial charge on any atom is 0.256 e. The summed E-state index contributed by atoms with van der Waals surface area (Å²) in [4.78, 5) is 13.1. The van der Waals surface area contributed by atoms with Gasteiger partial charge in [0, 0.05) is 17.0 Å². The summed E-state index contributed by atoms with van der Waals surface area (Å²) in [5.74, 6) is 0.576. The van der Waals surface area contributed by atoms with Crippen LogP contribution in [0.5, 0.6) is 0 Å². The van der Waals surface area contributed by atoms with Crippen molar-refractivity contribution in [1.29, 1.82) is 0 Å². The van der Waals surface area contributed by atoms with Crippen LogP contribution in [-0.2, 0) is 11.8 Å². The first-order valence-corrected chi connectivity index (χ1v) is 11.8. The second kappa shape index (κ2) is 10.2. The number of benzene rings is 2. The Balaban J connectivity index is 1.84. The molecule has 0 saturated heterocycles. The molecular weight excluding hydrogens is 394 g/mol. The van der Waals surface area contributed by atoms with Crippen molar-refractivity contribution in [2.24, 2.45) is 0 Å². The Morgan fingerprint density at radius 2 is 1.72 bits per heavy atom. The summed E-state index contributed by atoms with van der Waals surface area (Å²) in [6, 6.07) is 16.1. The van der Waals surface area contributed by atoms with Gasteiger partial charge in [0.15, 0.2) is 0 Å². The van der Waals surface area contributed by atoms with Gasteiger partial charge < -0.3 is 5.32 Å². The number of unbranched alkanes of at least 4 members (excludes halogenated alkanes) is 3. The molecule has 0 spiro atoms. The molecule has 1 amide bonds. The first-order valence-electron chi connectivity index (χ1n) is 11.8. The summed E-state index contributed by atoms with van der Waals surface area (Å²) < 4.78 is 1.86. The number of amides is 1. The van der Waals surface area contributed by atoms with E-state index in [1.54, 1.807) is 0 Å². The predicted octanol–water partition coefficient (Wildman–Crippen LogP) is 7.16. The van der Waals surface area contributed by atoms with Crippen molar-refractivity contribution >= 4 is 11.7 Å². The van der Waals surface area contributed by atoms with E-state index in [4.69, 9.17) is 5.10 Å². The summed E-state index contributed by atoms with van der Waals surface area (Å²) in [6.45, 7) is 12.8. The summed E-state index contributed by atoms with van der Waals surface area (Å²) in [5, 5.41) is 7.97. The minimum atomic E-state index is -0.123. The molecule has 1 aromatic heterocycles. The smallest absolute Gasteiger partial charge is 0.256 e. The Morgan fingerprint density at radius 3 is 2.38 bits per heavy atom. The number of anilines is 1. The summed E-state index contributed by atoms with van der Waals surface area (Å²) >= 11 is 0. The SMILES string of the molecule is CCCCCCc1ccc(C(=O)Nc2cc(C(C)(C)C)nn2-c2cccc(C)c2C)cc1. The second-order valence-electron chi connectivity index (χ2n) is 9.76. The van der Waals surface area contributed by atoms with Gasteiger partial charge in [-0.25, -0.2) is 4.68 Å². The lowest BCUT2D eigenvalue weighted by atomic mass is 9.92. The van der Waals surface area contributed by atoms with Gasteiger partial charge in [-0.15, -0.1) is 0 Å². The average Bonchev–Trinajstić information content (AvgIpc) is 3.17. The van der Waals surface area contributed by atoms with Gasteiger partial charge in [-0.1, -0.05) is 71.2 Å². The Hall–Kier alpha value is -2.88. The monoisotopic (exact) mass is 431 g/mol. The molecule has 0 aliphatic heterocycles. The maximum atomic E-state index is 13.1. The standard InChI is InChI=1S/C28H37N3O/c1-7-8-9-10-13-22-15-17-23(18-16-22)27(32)29-26-19-25(28(4,5)6)30-31(26)24-14-11-12-20(2)21(24)3/h11-12,14-19H,7-10,13H2,1-6H3,(H,29,32). The number of hydrogen-bond acceptors (Lipinski definition) is 2. The number of rotatable bonds is 8. The van der Waals surface area contributed by atoms with Gasteiger partial charge in [0.05, 0.1) is 11.4 Å². The maximum absolute atomic E-state index is 13.1. The van der Waals surface area contributed by atoms with Crippen LogP contribution in [0.3, 0.4) is 0 Å². The molecule has 0 saturated carbocycles. The van der Waals surface area contributed by atoms with Crippen molar-refractivity contribution in [2.45, 2.75) is 79.1 Å². The zero-order valence-electron chi connectivity index (χ0n) is 20.5. The van der Waals surface area contributed by atoms with E-state index in [1.165, 1.54) is 36.8 Å². The lowest BCUT2D eigenvalue weighted by Crippen LogP contribution is -2.16. The quantitative estimate of drug-likeness (QED) is 0.385. The third-order valence-electron chi connectivity index (χ3n) is 6.06. The molecule has 0 aliphatic carbocycles. The van der Waals surface area contributed by atoms with Crippen LogP contribution in [0, 0.1) is 13.8 Å². The van der Waals surface area contributed by atoms with Crippen LogP contribution in [0.1, 0.15) is 86.1 Å². The lowest BCUT2D eigenvalue weighted by Gasteiger charge is -2.15. The van der Waals surface area contributed by atoms with Crippen molar-refractivity contribution in [3.05, 3.63) is 76.5 Å². The molecule has 0 atom stereocenters. The number of nitrogens with zero attached hydrogens (tertiary/aromatic N) is 2. The van der Waals surface area contributed by atoms with Crippen LogP contribution in [0.4, 0.5) is 5.82 Å². The molecule has 1 heterocycles. The van der Waals surface area contributed by atoms with E-state index in [2.05, 4.69) is 65.1 Å². The van der Waals surface area contributed by atoms with Crippen molar-refractivity contribution in [3.8, 4) is 5.69 Å². The van der Waals surface area contributed by atoms with Gasteiger partial charge in [0.1, 0.15) is 5.82 Å². The fourth-order valence-corrected chi connectivity index (χ4v) is 3.75. The Kier molecular flexibility index (Phi) is 7.55. The van der Waals surface area contributed by atoms with Crippen molar-refractivity contribution < 1.29 is 4.79 Å². The highest BCUT2D eigenvalue weighted by atomic mass is 16.1. The first kappa shape index (κ1) is 23.8. The largest absolute Gasteiger partial charge is 0.306 e. The molecule has 0 unspecified atom stereocenters. The fraction of sp³-hybridized carbons (Fsp3) is 0.429. The summed E-state index contributed by atoms with van der Waals surface area (Å²) in [7, 11) is 0. The zero-order valence-corrected chi connectivity index (χ0v) is 20.5. The highest BCUT2D eigenvalue weighted by Crippen LogP contribution is 2.28. The molecule has 0 fully saturated rings. The molecule has 4 heteroatoms. The van der Waals surface area contributed by atoms with E-state index in [0.717, 1.165) is 23.4 Å². The molecule has 32 heavy (non-hydrogen) atoms. The first-order chi connectivity index (χ1) is 15.2. The van der Waals surface area contributed by atoms with Crippen LogP contribution >= 0.6 is 0 Å². The Labute approximate surface area is 193 Å². The number of nitrogens with one attached hydrogen (secondary N) is 1. The topological polar surface area (TPSA) is 46.9 Å². The summed E-state index contributed by atoms with van der Waals surface area (Å²) in [6.07, 6.45) is 6.05. The van der Waals surface area contributed by atoms with Gasteiger partial charge in [-0.05, 0) is 61.6 Å². The van der Waals surface area contributed by atoms with Crippen LogP contribution in [0.15, 0.2) is 48.5 Å². The average molecular weight is 432 g/mol. The van der Waals surface area contributed by atoms with Gasteiger partial charge in [0.25, 0.3) is 5.91 Å². The highest BCUT2D eigenvalue weighted by molar-refractivity contribution is 6.04. The van der Waals surface area contributed by atoms with Gasteiger partial charge in [0.2, 0.25) is 0 Å². The minimum Gasteiger partial charge on any atom is -0.306 e. The number of hydrogen-bond donors (Lipinski definition) is 1. The third kappa shape index (κ3) is 5.67. The fourth-order valence-electron chi connectivity index (χ4n) is 3.75. The van der Waals surface area contributed by atoms with Crippen LogP contribution < -0.4 is 5.32 Å². The van der Waals surface area contributed by atoms with Crippen molar-refractivity contribution in [3.63, 3.8) is 0 Å². The van der Waals surface area contributed by atoms with E-state index < -0.39 is 0 Å². The Bertz CT molecular complexity index is 1060. The molecule has 2 aromatic carbocycles. The van der Waals surface area contributed by atoms with Gasteiger partial charge in [-0.3, -0.25) is 4.79 Å². The normalized spacial score (nSPS) is 11.6. The van der Waals surface area contributed by atoms with E-state index in [9.17, 15) is 4.79 Å². The molecule has 3 aromatic rings. The van der Waals surface area contributed by atoms with Crippen LogP contribution in [0.2, 0.25) is 0 Å². The second-order valence-corrected chi connectivity index (χ2v) is 9.76. The van der Waals surface area contributed by atoms with E-state index in [1.807, 2.05) is 35.0 Å². The van der Waals surface area contributed by atoms with Crippen molar-refractivity contribution in [1.82, 2.24) is 9.78 Å². The molecule has 0 radical (unpaired) electrons. The predicted molar refractivity (Wildman–Crippen MR) is 134 cm³/mol. The van der Waals surface area contributed by atoms with E-state index in [-0.39, 0.29) is 11.3 Å². The molecule has 0 aliphatic rings. The third-order valence-corrected chi connectivity index (χ3v) is 6.06. The van der Waals surface area contributed by atoms with Crippen molar-refractivity contribution in [2.75, 3.05) is 5.32 Å². The number of carbonyl (C=O) groups excluding carboxylic acids is 1. The number of carbonyl (C=O) groups is 1. The zero-order chi connectivity index (χ0) is 23.3. The molecule has 4 nitrogen and oxygen atoms in total.